The fourth-order valence-electron chi connectivity index (χ4n) is 3.09. The van der Waals surface area contributed by atoms with Crippen molar-refractivity contribution < 1.29 is 4.39 Å². The molecule has 1 saturated carbocycles. The maximum Gasteiger partial charge on any atom is 0.127 e. The maximum absolute atomic E-state index is 13.8. The largest absolute Gasteiger partial charge is 0.207 e. The van der Waals surface area contributed by atoms with Crippen LogP contribution in [0.1, 0.15) is 44.6 Å². The van der Waals surface area contributed by atoms with Crippen LogP contribution in [0.15, 0.2) is 18.2 Å². The Morgan fingerprint density at radius 3 is 2.56 bits per heavy atom. The summed E-state index contributed by atoms with van der Waals surface area (Å²) in [5.74, 6) is -0.239. The average Bonchev–Trinajstić information content (AvgIpc) is 2.84. The molecule has 0 radical (unpaired) electrons. The second-order valence-electron chi connectivity index (χ2n) is 5.29. The Morgan fingerprint density at radius 1 is 1.33 bits per heavy atom. The van der Waals surface area contributed by atoms with Gasteiger partial charge in [-0.1, -0.05) is 37.4 Å². The number of benzene rings is 1. The molecule has 1 atom stereocenters. The van der Waals surface area contributed by atoms with Crippen molar-refractivity contribution in [2.75, 3.05) is 0 Å². The van der Waals surface area contributed by atoms with Crippen molar-refractivity contribution in [1.29, 1.82) is 0 Å². The molecule has 1 fully saturated rings. The zero-order valence-corrected chi connectivity index (χ0v) is 12.2. The topological polar surface area (TPSA) is 0 Å². The molecule has 1 aromatic carbocycles. The van der Waals surface area contributed by atoms with Gasteiger partial charge in [-0.15, -0.1) is 11.6 Å². The summed E-state index contributed by atoms with van der Waals surface area (Å²) in [6.45, 7) is 2.18. The molecule has 3 heteroatoms. The van der Waals surface area contributed by atoms with E-state index in [0.717, 1.165) is 19.3 Å². The Balaban J connectivity index is 2.18. The van der Waals surface area contributed by atoms with Crippen LogP contribution < -0.4 is 0 Å². The normalized spacial score (nSPS) is 20.0. The highest BCUT2D eigenvalue weighted by molar-refractivity contribution is 6.31. The van der Waals surface area contributed by atoms with Crippen LogP contribution in [-0.2, 0) is 6.42 Å². The molecule has 0 aromatic heterocycles. The van der Waals surface area contributed by atoms with E-state index in [1.807, 2.05) is 0 Å². The molecule has 0 spiro atoms. The molecule has 0 saturated heterocycles. The minimum atomic E-state index is -0.239. The van der Waals surface area contributed by atoms with Crippen LogP contribution in [0.25, 0.3) is 0 Å². The van der Waals surface area contributed by atoms with Crippen LogP contribution in [0.5, 0.6) is 0 Å². The van der Waals surface area contributed by atoms with Gasteiger partial charge in [0.05, 0.1) is 0 Å². The fourth-order valence-corrected chi connectivity index (χ4v) is 3.86. The van der Waals surface area contributed by atoms with Gasteiger partial charge >= 0.3 is 0 Å². The van der Waals surface area contributed by atoms with Crippen molar-refractivity contribution in [1.82, 2.24) is 0 Å². The van der Waals surface area contributed by atoms with Gasteiger partial charge in [-0.2, -0.15) is 0 Å². The predicted octanol–water partition coefficient (Wildman–Crippen LogP) is 5.60. The number of halogens is 3. The zero-order valence-electron chi connectivity index (χ0n) is 10.7. The summed E-state index contributed by atoms with van der Waals surface area (Å²) in [5, 5.41) is 0.462. The molecule has 0 N–H and O–H groups in total. The van der Waals surface area contributed by atoms with Crippen LogP contribution in [-0.4, -0.2) is 5.38 Å². The van der Waals surface area contributed by atoms with Gasteiger partial charge in [-0.25, -0.2) is 4.39 Å². The number of alkyl halides is 1. The Morgan fingerprint density at radius 2 is 2.00 bits per heavy atom. The lowest BCUT2D eigenvalue weighted by Crippen LogP contribution is -2.29. The van der Waals surface area contributed by atoms with E-state index in [4.69, 9.17) is 23.2 Å². The minimum absolute atomic E-state index is 0.0283. The lowest BCUT2D eigenvalue weighted by Gasteiger charge is -2.33. The Hall–Kier alpha value is -0.270. The smallest absolute Gasteiger partial charge is 0.127 e. The van der Waals surface area contributed by atoms with Crippen molar-refractivity contribution >= 4 is 23.2 Å². The van der Waals surface area contributed by atoms with E-state index in [1.54, 1.807) is 12.1 Å². The summed E-state index contributed by atoms with van der Waals surface area (Å²) >= 11 is 12.7. The highest BCUT2D eigenvalue weighted by Crippen LogP contribution is 2.47. The molecule has 100 valence electrons. The second kappa shape index (κ2) is 5.79. The zero-order chi connectivity index (χ0) is 13.2. The quantitative estimate of drug-likeness (QED) is 0.633. The van der Waals surface area contributed by atoms with Crippen molar-refractivity contribution in [2.45, 2.75) is 50.8 Å². The van der Waals surface area contributed by atoms with Crippen molar-refractivity contribution in [3.8, 4) is 0 Å². The van der Waals surface area contributed by atoms with Gasteiger partial charge in [-0.3, -0.25) is 0 Å². The number of hydrogen-bond acceptors (Lipinski definition) is 0. The third-order valence-corrected chi connectivity index (χ3v) is 5.38. The van der Waals surface area contributed by atoms with Gasteiger partial charge in [-0.05, 0) is 43.2 Å². The van der Waals surface area contributed by atoms with Crippen molar-refractivity contribution in [3.63, 3.8) is 0 Å². The lowest BCUT2D eigenvalue weighted by molar-refractivity contribution is 0.266. The standard InChI is InChI=1S/C15H19Cl2F/c1-2-15(8-3-4-9-15)14(17)10-11-12(16)6-5-7-13(11)18/h5-7,14H,2-4,8-10H2,1H3. The summed E-state index contributed by atoms with van der Waals surface area (Å²) in [4.78, 5) is 0. The van der Waals surface area contributed by atoms with E-state index in [9.17, 15) is 4.39 Å². The third-order valence-electron chi connectivity index (χ3n) is 4.41. The highest BCUT2D eigenvalue weighted by Gasteiger charge is 2.39. The van der Waals surface area contributed by atoms with Gasteiger partial charge in [0.25, 0.3) is 0 Å². The molecule has 1 aliphatic carbocycles. The van der Waals surface area contributed by atoms with E-state index in [-0.39, 0.29) is 16.6 Å². The Bertz CT molecular complexity index is 391. The van der Waals surface area contributed by atoms with Gasteiger partial charge in [0.1, 0.15) is 5.82 Å². The van der Waals surface area contributed by atoms with Crippen LogP contribution in [0.2, 0.25) is 5.02 Å². The molecule has 0 amide bonds. The summed E-state index contributed by atoms with van der Waals surface area (Å²) in [7, 11) is 0. The van der Waals surface area contributed by atoms with Crippen LogP contribution in [0.3, 0.4) is 0 Å². The monoisotopic (exact) mass is 288 g/mol. The SMILES string of the molecule is CCC1(C(Cl)Cc2c(F)cccc2Cl)CCCC1. The third kappa shape index (κ3) is 2.67. The molecule has 0 heterocycles. The van der Waals surface area contributed by atoms with Crippen molar-refractivity contribution in [3.05, 3.63) is 34.6 Å². The summed E-state index contributed by atoms with van der Waals surface area (Å²) in [6.07, 6.45) is 6.38. The number of rotatable bonds is 4. The molecular weight excluding hydrogens is 270 g/mol. The summed E-state index contributed by atoms with van der Waals surface area (Å²) in [6, 6.07) is 4.82. The Kier molecular flexibility index (Phi) is 4.55. The lowest BCUT2D eigenvalue weighted by atomic mass is 9.77. The first-order valence-corrected chi connectivity index (χ1v) is 7.47. The first kappa shape index (κ1) is 14.1. The predicted molar refractivity (Wildman–Crippen MR) is 75.9 cm³/mol. The molecule has 0 aliphatic heterocycles. The Labute approximate surface area is 118 Å². The van der Waals surface area contributed by atoms with Gasteiger partial charge in [0, 0.05) is 16.0 Å². The first-order valence-electron chi connectivity index (χ1n) is 6.66. The summed E-state index contributed by atoms with van der Waals surface area (Å²) in [5.41, 5.74) is 0.742. The average molecular weight is 289 g/mol. The molecule has 0 bridgehead atoms. The van der Waals surface area contributed by atoms with E-state index in [2.05, 4.69) is 6.92 Å². The molecule has 1 unspecified atom stereocenters. The van der Waals surface area contributed by atoms with E-state index < -0.39 is 0 Å². The molecule has 18 heavy (non-hydrogen) atoms. The maximum atomic E-state index is 13.8. The summed E-state index contributed by atoms with van der Waals surface area (Å²) < 4.78 is 13.8. The van der Waals surface area contributed by atoms with Crippen LogP contribution >= 0.6 is 23.2 Å². The van der Waals surface area contributed by atoms with E-state index in [0.29, 0.717) is 17.0 Å². The van der Waals surface area contributed by atoms with Gasteiger partial charge in [0.2, 0.25) is 0 Å². The molecule has 0 nitrogen and oxygen atoms in total. The van der Waals surface area contributed by atoms with Gasteiger partial charge in [0.15, 0.2) is 0 Å². The number of hydrogen-bond donors (Lipinski definition) is 0. The molecular formula is C15H19Cl2F. The fraction of sp³-hybridized carbons (Fsp3) is 0.600. The first-order chi connectivity index (χ1) is 8.59. The van der Waals surface area contributed by atoms with Crippen LogP contribution in [0, 0.1) is 11.2 Å². The highest BCUT2D eigenvalue weighted by atomic mass is 35.5. The second-order valence-corrected chi connectivity index (χ2v) is 6.23. The minimum Gasteiger partial charge on any atom is -0.207 e. The van der Waals surface area contributed by atoms with Crippen LogP contribution in [0.4, 0.5) is 4.39 Å². The molecule has 1 aliphatic rings. The molecule has 2 rings (SSSR count). The van der Waals surface area contributed by atoms with Crippen molar-refractivity contribution in [2.24, 2.45) is 5.41 Å². The molecule has 1 aromatic rings. The van der Waals surface area contributed by atoms with E-state index in [1.165, 1.54) is 18.9 Å². The van der Waals surface area contributed by atoms with E-state index >= 15 is 0 Å². The van der Waals surface area contributed by atoms with Gasteiger partial charge < -0.3 is 0 Å².